The number of hydrogen-bond donors (Lipinski definition) is 2. The molecule has 0 aromatic carbocycles. The van der Waals surface area contributed by atoms with E-state index in [1.54, 1.807) is 0 Å². The van der Waals surface area contributed by atoms with Crippen LogP contribution in [0.2, 0.25) is 0 Å². The zero-order chi connectivity index (χ0) is 13.9. The van der Waals surface area contributed by atoms with E-state index in [-0.39, 0.29) is 24.0 Å². The first-order valence-corrected chi connectivity index (χ1v) is 9.08. The fourth-order valence-electron chi connectivity index (χ4n) is 2.95. The minimum atomic E-state index is -3.05. The van der Waals surface area contributed by atoms with E-state index in [2.05, 4.69) is 10.3 Å². The van der Waals surface area contributed by atoms with Gasteiger partial charge < -0.3 is 11.1 Å². The number of nitrogens with one attached hydrogen (secondary N) is 1. The summed E-state index contributed by atoms with van der Waals surface area (Å²) in [6.45, 7) is 0.303. The van der Waals surface area contributed by atoms with E-state index in [0.717, 1.165) is 19.3 Å². The van der Waals surface area contributed by atoms with Crippen LogP contribution in [-0.4, -0.2) is 38.0 Å². The van der Waals surface area contributed by atoms with Gasteiger partial charge in [0, 0.05) is 12.3 Å². The molecule has 0 amide bonds. The van der Waals surface area contributed by atoms with E-state index in [1.807, 2.05) is 0 Å². The lowest BCUT2D eigenvalue weighted by molar-refractivity contribution is 0.346. The van der Waals surface area contributed by atoms with E-state index in [1.165, 1.54) is 25.5 Å². The van der Waals surface area contributed by atoms with Crippen molar-refractivity contribution in [3.05, 3.63) is 0 Å². The summed E-state index contributed by atoms with van der Waals surface area (Å²) < 4.78 is 23.0. The smallest absolute Gasteiger partial charge is 0.188 e. The van der Waals surface area contributed by atoms with Crippen molar-refractivity contribution in [1.29, 1.82) is 0 Å². The van der Waals surface area contributed by atoms with E-state index >= 15 is 0 Å². The molecular weight excluding hydrogens is 389 g/mol. The predicted molar refractivity (Wildman–Crippen MR) is 93.3 cm³/mol. The molecule has 0 saturated heterocycles. The van der Waals surface area contributed by atoms with Gasteiger partial charge in [-0.25, -0.2) is 8.42 Å². The van der Waals surface area contributed by atoms with Crippen LogP contribution in [0.25, 0.3) is 0 Å². The van der Waals surface area contributed by atoms with Gasteiger partial charge >= 0.3 is 0 Å². The molecule has 0 aromatic rings. The molecule has 3 N–H and O–H groups in total. The van der Waals surface area contributed by atoms with Crippen molar-refractivity contribution in [2.75, 3.05) is 12.8 Å². The van der Waals surface area contributed by atoms with Gasteiger partial charge in [-0.1, -0.05) is 25.7 Å². The van der Waals surface area contributed by atoms with E-state index in [0.29, 0.717) is 31.4 Å². The highest BCUT2D eigenvalue weighted by atomic mass is 127. The van der Waals surface area contributed by atoms with E-state index < -0.39 is 14.6 Å². The standard InChI is InChI=1S/C13H25N3O2S.HI/c1-19(17,18)13(8-5-9-13)10-15-12(14)16-11-6-3-2-4-7-11;/h11H,2-10H2,1H3,(H3,14,15,16);1H. The minimum Gasteiger partial charge on any atom is -0.370 e. The summed E-state index contributed by atoms with van der Waals surface area (Å²) in [7, 11) is -3.05. The van der Waals surface area contributed by atoms with Gasteiger partial charge in [-0.05, 0) is 25.7 Å². The van der Waals surface area contributed by atoms with Crippen LogP contribution in [0.3, 0.4) is 0 Å². The summed E-state index contributed by atoms with van der Waals surface area (Å²) in [5.41, 5.74) is 5.88. The zero-order valence-corrected chi connectivity index (χ0v) is 15.2. The monoisotopic (exact) mass is 415 g/mol. The first-order chi connectivity index (χ1) is 8.93. The third kappa shape index (κ3) is 4.22. The molecule has 2 rings (SSSR count). The van der Waals surface area contributed by atoms with Crippen LogP contribution in [0, 0.1) is 0 Å². The van der Waals surface area contributed by atoms with Gasteiger partial charge in [0.25, 0.3) is 0 Å². The second kappa shape index (κ2) is 7.29. The summed E-state index contributed by atoms with van der Waals surface area (Å²) in [5, 5.41) is 3.22. The average molecular weight is 415 g/mol. The Hall–Kier alpha value is -0.0500. The summed E-state index contributed by atoms with van der Waals surface area (Å²) in [6, 6.07) is 0.410. The molecule has 7 heteroatoms. The largest absolute Gasteiger partial charge is 0.370 e. The molecule has 0 aromatic heterocycles. The molecule has 2 saturated carbocycles. The highest BCUT2D eigenvalue weighted by molar-refractivity contribution is 14.0. The van der Waals surface area contributed by atoms with Crippen LogP contribution in [0.1, 0.15) is 51.4 Å². The van der Waals surface area contributed by atoms with Crippen LogP contribution >= 0.6 is 24.0 Å². The quantitative estimate of drug-likeness (QED) is 0.417. The summed E-state index contributed by atoms with van der Waals surface area (Å²) in [5.74, 6) is 0.404. The molecule has 0 unspecified atom stereocenters. The molecule has 0 atom stereocenters. The van der Waals surface area contributed by atoms with Crippen molar-refractivity contribution in [2.45, 2.75) is 62.2 Å². The maximum Gasteiger partial charge on any atom is 0.188 e. The topological polar surface area (TPSA) is 84.5 Å². The lowest BCUT2D eigenvalue weighted by atomic mass is 9.84. The van der Waals surface area contributed by atoms with Crippen LogP contribution in [-0.2, 0) is 9.84 Å². The van der Waals surface area contributed by atoms with Gasteiger partial charge in [-0.15, -0.1) is 24.0 Å². The molecule has 2 aliphatic carbocycles. The van der Waals surface area contributed by atoms with Crippen molar-refractivity contribution >= 4 is 39.8 Å². The highest BCUT2D eigenvalue weighted by Crippen LogP contribution is 2.39. The molecule has 0 heterocycles. The normalized spacial score (nSPS) is 23.6. The van der Waals surface area contributed by atoms with Crippen LogP contribution in [0.5, 0.6) is 0 Å². The second-order valence-electron chi connectivity index (χ2n) is 5.99. The van der Waals surface area contributed by atoms with Gasteiger partial charge in [0.15, 0.2) is 15.8 Å². The maximum absolute atomic E-state index is 11.8. The molecule has 0 bridgehead atoms. The van der Waals surface area contributed by atoms with E-state index in [9.17, 15) is 8.42 Å². The minimum absolute atomic E-state index is 0. The predicted octanol–water partition coefficient (Wildman–Crippen LogP) is 1.81. The van der Waals surface area contributed by atoms with Gasteiger partial charge in [0.2, 0.25) is 0 Å². The van der Waals surface area contributed by atoms with Gasteiger partial charge in [0.1, 0.15) is 0 Å². The van der Waals surface area contributed by atoms with Crippen molar-refractivity contribution in [1.82, 2.24) is 5.32 Å². The molecule has 0 radical (unpaired) electrons. The number of rotatable bonds is 4. The molecule has 0 spiro atoms. The van der Waals surface area contributed by atoms with Crippen molar-refractivity contribution in [3.8, 4) is 0 Å². The highest BCUT2D eigenvalue weighted by Gasteiger charge is 2.46. The fourth-order valence-corrected chi connectivity index (χ4v) is 4.28. The van der Waals surface area contributed by atoms with Crippen LogP contribution in [0.4, 0.5) is 0 Å². The Labute approximate surface area is 139 Å². The van der Waals surface area contributed by atoms with Crippen LogP contribution < -0.4 is 11.1 Å². The third-order valence-corrected chi connectivity index (χ3v) is 6.66. The van der Waals surface area contributed by atoms with Crippen molar-refractivity contribution < 1.29 is 8.42 Å². The van der Waals surface area contributed by atoms with Crippen molar-refractivity contribution in [2.24, 2.45) is 10.7 Å². The number of nitrogens with two attached hydrogens (primary N) is 1. The summed E-state index contributed by atoms with van der Waals surface area (Å²) in [4.78, 5) is 4.28. The Morgan fingerprint density at radius 3 is 2.30 bits per heavy atom. The number of sulfone groups is 1. The lowest BCUT2D eigenvalue weighted by Crippen LogP contribution is -2.49. The molecular formula is C13H26IN3O2S. The Kier molecular flexibility index (Phi) is 6.56. The SMILES string of the molecule is CS(=O)(=O)C1(CN=C(N)NC2CCCCC2)CCC1.I. The molecule has 2 aliphatic rings. The Morgan fingerprint density at radius 2 is 1.85 bits per heavy atom. The van der Waals surface area contributed by atoms with Crippen LogP contribution in [0.15, 0.2) is 4.99 Å². The number of nitrogens with zero attached hydrogens (tertiary/aromatic N) is 1. The summed E-state index contributed by atoms with van der Waals surface area (Å²) in [6.07, 6.45) is 9.74. The van der Waals surface area contributed by atoms with Gasteiger partial charge in [-0.2, -0.15) is 0 Å². The number of guanidine groups is 1. The molecule has 20 heavy (non-hydrogen) atoms. The van der Waals surface area contributed by atoms with Crippen molar-refractivity contribution in [3.63, 3.8) is 0 Å². The molecule has 118 valence electrons. The average Bonchev–Trinajstić information content (AvgIpc) is 2.26. The Morgan fingerprint density at radius 1 is 1.25 bits per heavy atom. The number of hydrogen-bond acceptors (Lipinski definition) is 3. The van der Waals surface area contributed by atoms with E-state index in [4.69, 9.17) is 5.73 Å². The number of aliphatic imine (C=N–C) groups is 1. The van der Waals surface area contributed by atoms with Gasteiger partial charge in [0.05, 0.1) is 11.3 Å². The molecule has 2 fully saturated rings. The molecule has 0 aliphatic heterocycles. The first kappa shape index (κ1) is 18.0. The molecule has 5 nitrogen and oxygen atoms in total. The Balaban J connectivity index is 0.00000200. The number of halogens is 1. The Bertz CT molecular complexity index is 441. The second-order valence-corrected chi connectivity index (χ2v) is 8.40. The fraction of sp³-hybridized carbons (Fsp3) is 0.923. The maximum atomic E-state index is 11.8. The summed E-state index contributed by atoms with van der Waals surface area (Å²) >= 11 is 0. The first-order valence-electron chi connectivity index (χ1n) is 7.19. The van der Waals surface area contributed by atoms with Gasteiger partial charge in [-0.3, -0.25) is 4.99 Å². The third-order valence-electron chi connectivity index (χ3n) is 4.55. The lowest BCUT2D eigenvalue weighted by Gasteiger charge is -2.38. The zero-order valence-electron chi connectivity index (χ0n) is 12.1.